The summed E-state index contributed by atoms with van der Waals surface area (Å²) in [7, 11) is 0. The van der Waals surface area contributed by atoms with Gasteiger partial charge in [-0.05, 0) is 127 Å². The second kappa shape index (κ2) is 11.4. The molecular weight excluding hydrogens is 625 g/mol. The van der Waals surface area contributed by atoms with Crippen molar-refractivity contribution in [3.63, 3.8) is 0 Å². The van der Waals surface area contributed by atoms with Crippen LogP contribution in [-0.2, 0) is 0 Å². The Labute approximate surface area is 301 Å². The molecule has 0 aliphatic rings. The molecule has 0 heterocycles. The summed E-state index contributed by atoms with van der Waals surface area (Å²) in [6, 6.07) is 71.9. The highest BCUT2D eigenvalue weighted by atomic mass is 14.2. The molecule has 0 saturated heterocycles. The summed E-state index contributed by atoms with van der Waals surface area (Å²) in [5, 5.41) is 18.0. The second-order valence-electron chi connectivity index (χ2n) is 14.0. The highest BCUT2D eigenvalue weighted by Gasteiger charge is 2.19. The minimum Gasteiger partial charge on any atom is -0.0616 e. The molecule has 0 nitrogen and oxygen atoms in total. The first-order valence-electron chi connectivity index (χ1n) is 18.1. The van der Waals surface area contributed by atoms with Crippen LogP contribution in [0.25, 0.3) is 109 Å². The zero-order chi connectivity index (χ0) is 34.2. The lowest BCUT2D eigenvalue weighted by molar-refractivity contribution is 1.64. The lowest BCUT2D eigenvalue weighted by Gasteiger charge is -2.19. The molecule has 0 radical (unpaired) electrons. The number of hydrogen-bond acceptors (Lipinski definition) is 0. The summed E-state index contributed by atoms with van der Waals surface area (Å²) in [6.07, 6.45) is 0. The van der Waals surface area contributed by atoms with Gasteiger partial charge in [-0.3, -0.25) is 0 Å². The fourth-order valence-electron chi connectivity index (χ4n) is 8.94. The van der Waals surface area contributed by atoms with Crippen LogP contribution in [0, 0.1) is 0 Å². The Balaban J connectivity index is 1.20. The minimum atomic E-state index is 1.22. The summed E-state index contributed by atoms with van der Waals surface area (Å²) < 4.78 is 0. The number of hydrogen-bond donors (Lipinski definition) is 0. The molecule has 11 rings (SSSR count). The van der Waals surface area contributed by atoms with Crippen LogP contribution in [-0.4, -0.2) is 0 Å². The van der Waals surface area contributed by atoms with Crippen LogP contribution in [0.15, 0.2) is 194 Å². The van der Waals surface area contributed by atoms with Crippen molar-refractivity contribution in [2.24, 2.45) is 0 Å². The molecule has 0 unspecified atom stereocenters. The molecule has 0 aromatic heterocycles. The van der Waals surface area contributed by atoms with E-state index in [-0.39, 0.29) is 0 Å². The standard InChI is InChI=1S/C52H32/c1-2-15-34-30-37(29-28-33(34)14-1)51-46-26-11-9-24-44(46)50(45-25-10-12-27-47(45)51)36-17-13-16-35(31-36)48-32-49-40-20-4-3-18-38(40)39-19-5-7-22-42(39)52(49)43-23-8-6-21-41(43)48/h1-32H. The predicted octanol–water partition coefficient (Wildman–Crippen LogP) is 14.8. The molecule has 0 spiro atoms. The zero-order valence-corrected chi connectivity index (χ0v) is 28.5. The monoisotopic (exact) mass is 656 g/mol. The van der Waals surface area contributed by atoms with Crippen LogP contribution < -0.4 is 0 Å². The van der Waals surface area contributed by atoms with Crippen LogP contribution in [0.2, 0.25) is 0 Å². The molecule has 52 heavy (non-hydrogen) atoms. The summed E-state index contributed by atoms with van der Waals surface area (Å²) in [4.78, 5) is 0. The van der Waals surface area contributed by atoms with Crippen molar-refractivity contribution in [2.75, 3.05) is 0 Å². The fourth-order valence-corrected chi connectivity index (χ4v) is 8.94. The summed E-state index contributed by atoms with van der Waals surface area (Å²) in [5.74, 6) is 0. The van der Waals surface area contributed by atoms with Gasteiger partial charge in [-0.15, -0.1) is 0 Å². The van der Waals surface area contributed by atoms with Crippen LogP contribution in [0.5, 0.6) is 0 Å². The van der Waals surface area contributed by atoms with E-state index < -0.39 is 0 Å². The van der Waals surface area contributed by atoms with E-state index in [9.17, 15) is 0 Å². The van der Waals surface area contributed by atoms with Crippen molar-refractivity contribution in [3.8, 4) is 33.4 Å². The first-order valence-corrected chi connectivity index (χ1v) is 18.1. The Morgan fingerprint density at radius 2 is 0.635 bits per heavy atom. The van der Waals surface area contributed by atoms with E-state index in [0.717, 1.165) is 0 Å². The van der Waals surface area contributed by atoms with Crippen LogP contribution in [0.1, 0.15) is 0 Å². The van der Waals surface area contributed by atoms with E-state index in [1.807, 2.05) is 0 Å². The Morgan fingerprint density at radius 1 is 0.212 bits per heavy atom. The van der Waals surface area contributed by atoms with Crippen molar-refractivity contribution in [1.82, 2.24) is 0 Å². The predicted molar refractivity (Wildman–Crippen MR) is 225 cm³/mol. The maximum Gasteiger partial charge on any atom is -0.00199 e. The zero-order valence-electron chi connectivity index (χ0n) is 28.5. The highest BCUT2D eigenvalue weighted by Crippen LogP contribution is 2.46. The van der Waals surface area contributed by atoms with E-state index >= 15 is 0 Å². The van der Waals surface area contributed by atoms with Crippen LogP contribution in [0.4, 0.5) is 0 Å². The largest absolute Gasteiger partial charge is 0.0616 e. The minimum absolute atomic E-state index is 1.22. The van der Waals surface area contributed by atoms with Crippen molar-refractivity contribution < 1.29 is 0 Å². The first-order chi connectivity index (χ1) is 25.8. The van der Waals surface area contributed by atoms with Gasteiger partial charge in [0.05, 0.1) is 0 Å². The molecule has 0 aliphatic heterocycles. The number of rotatable bonds is 3. The van der Waals surface area contributed by atoms with Gasteiger partial charge in [0, 0.05) is 0 Å². The number of fused-ring (bicyclic) bond motifs is 11. The lowest BCUT2D eigenvalue weighted by Crippen LogP contribution is -1.92. The maximum absolute atomic E-state index is 2.45. The SMILES string of the molecule is c1cc(-c2c3ccccc3c(-c3ccc4ccccc4c3)c3ccccc23)cc(-c2cc3c4ccccc4c4ccccc4c3c3ccccc23)c1. The van der Waals surface area contributed by atoms with E-state index in [4.69, 9.17) is 0 Å². The van der Waals surface area contributed by atoms with E-state index in [1.165, 1.54) is 109 Å². The molecule has 0 aliphatic carbocycles. The molecule has 0 atom stereocenters. The molecular formula is C52H32. The van der Waals surface area contributed by atoms with Gasteiger partial charge < -0.3 is 0 Å². The van der Waals surface area contributed by atoms with Gasteiger partial charge in [0.2, 0.25) is 0 Å². The van der Waals surface area contributed by atoms with Gasteiger partial charge in [-0.1, -0.05) is 176 Å². The first kappa shape index (κ1) is 29.0. The van der Waals surface area contributed by atoms with Crippen molar-refractivity contribution >= 4 is 75.4 Å². The van der Waals surface area contributed by atoms with Gasteiger partial charge in [0.15, 0.2) is 0 Å². The maximum atomic E-state index is 2.45. The molecule has 0 heteroatoms. The van der Waals surface area contributed by atoms with Gasteiger partial charge in [0.25, 0.3) is 0 Å². The summed E-state index contributed by atoms with van der Waals surface area (Å²) in [6.45, 7) is 0. The van der Waals surface area contributed by atoms with Gasteiger partial charge in [-0.2, -0.15) is 0 Å². The highest BCUT2D eigenvalue weighted by molar-refractivity contribution is 6.33. The molecule has 0 fully saturated rings. The normalized spacial score (nSPS) is 11.8. The molecule has 240 valence electrons. The van der Waals surface area contributed by atoms with Crippen molar-refractivity contribution in [1.29, 1.82) is 0 Å². The third-order valence-corrected chi connectivity index (χ3v) is 11.2. The Hall–Kier alpha value is -6.76. The topological polar surface area (TPSA) is 0 Å². The van der Waals surface area contributed by atoms with Crippen LogP contribution in [0.3, 0.4) is 0 Å². The Kier molecular flexibility index (Phi) is 6.35. The molecule has 0 N–H and O–H groups in total. The molecule has 0 saturated carbocycles. The Bertz CT molecular complexity index is 3180. The third-order valence-electron chi connectivity index (χ3n) is 11.2. The lowest BCUT2D eigenvalue weighted by atomic mass is 9.84. The molecule has 11 aromatic rings. The second-order valence-corrected chi connectivity index (χ2v) is 14.0. The van der Waals surface area contributed by atoms with E-state index in [2.05, 4.69) is 194 Å². The molecule has 0 bridgehead atoms. The summed E-state index contributed by atoms with van der Waals surface area (Å²) >= 11 is 0. The van der Waals surface area contributed by atoms with E-state index in [0.29, 0.717) is 0 Å². The Morgan fingerprint density at radius 3 is 1.25 bits per heavy atom. The third kappa shape index (κ3) is 4.28. The molecule has 0 amide bonds. The average molecular weight is 657 g/mol. The smallest absolute Gasteiger partial charge is 0.00199 e. The quantitative estimate of drug-likeness (QED) is 0.131. The van der Waals surface area contributed by atoms with Crippen LogP contribution >= 0.6 is 0 Å². The average Bonchev–Trinajstić information content (AvgIpc) is 3.22. The van der Waals surface area contributed by atoms with Crippen molar-refractivity contribution in [3.05, 3.63) is 194 Å². The van der Waals surface area contributed by atoms with Crippen molar-refractivity contribution in [2.45, 2.75) is 0 Å². The van der Waals surface area contributed by atoms with Gasteiger partial charge >= 0.3 is 0 Å². The van der Waals surface area contributed by atoms with Gasteiger partial charge in [0.1, 0.15) is 0 Å². The van der Waals surface area contributed by atoms with Gasteiger partial charge in [-0.25, -0.2) is 0 Å². The number of benzene rings is 11. The molecule has 11 aromatic carbocycles. The summed E-state index contributed by atoms with van der Waals surface area (Å²) in [5.41, 5.74) is 7.51. The van der Waals surface area contributed by atoms with E-state index in [1.54, 1.807) is 0 Å². The fraction of sp³-hybridized carbons (Fsp3) is 0.